The van der Waals surface area contributed by atoms with E-state index in [0.29, 0.717) is 34.6 Å². The fourth-order valence-electron chi connectivity index (χ4n) is 2.49. The molecule has 0 atom stereocenters. The number of nitrogens with zero attached hydrogens (tertiary/aromatic N) is 2. The number of aromatic nitrogens is 1. The molecule has 1 aromatic heterocycles. The summed E-state index contributed by atoms with van der Waals surface area (Å²) >= 11 is 13.7. The molecule has 3 rings (SSSR count). The van der Waals surface area contributed by atoms with E-state index in [4.69, 9.17) is 27.9 Å². The van der Waals surface area contributed by atoms with Gasteiger partial charge in [-0.15, -0.1) is 0 Å². The molecule has 136 valence electrons. The lowest BCUT2D eigenvalue weighted by Gasteiger charge is -2.07. The summed E-state index contributed by atoms with van der Waals surface area (Å²) in [6.45, 7) is 3.41. The van der Waals surface area contributed by atoms with Crippen molar-refractivity contribution in [2.45, 2.75) is 13.5 Å². The van der Waals surface area contributed by atoms with Crippen LogP contribution in [-0.4, -0.2) is 23.7 Å². The van der Waals surface area contributed by atoms with Crippen molar-refractivity contribution in [1.29, 1.82) is 0 Å². The molecule has 0 aliphatic heterocycles. The number of halogens is 3. The fourth-order valence-corrected chi connectivity index (χ4v) is 4.33. The van der Waals surface area contributed by atoms with Gasteiger partial charge in [-0.2, -0.15) is 4.99 Å². The van der Waals surface area contributed by atoms with Crippen LogP contribution in [0.5, 0.6) is 0 Å². The lowest BCUT2D eigenvalue weighted by atomic mass is 10.2. The Kier molecular flexibility index (Phi) is 6.09. The first-order chi connectivity index (χ1) is 12.5. The highest BCUT2D eigenvalue weighted by atomic mass is 35.5. The maximum Gasteiger partial charge on any atom is 0.279 e. The molecule has 3 aromatic rings. The zero-order valence-corrected chi connectivity index (χ0v) is 16.2. The van der Waals surface area contributed by atoms with E-state index in [-0.39, 0.29) is 5.56 Å². The van der Waals surface area contributed by atoms with E-state index in [1.165, 1.54) is 29.5 Å². The second kappa shape index (κ2) is 8.31. The number of thiazole rings is 1. The molecule has 1 heterocycles. The second-order valence-corrected chi connectivity index (χ2v) is 7.25. The third-order valence-electron chi connectivity index (χ3n) is 3.63. The lowest BCUT2D eigenvalue weighted by Crippen LogP contribution is -2.20. The van der Waals surface area contributed by atoms with Crippen molar-refractivity contribution in [3.05, 3.63) is 62.6 Å². The molecule has 4 nitrogen and oxygen atoms in total. The predicted octanol–water partition coefficient (Wildman–Crippen LogP) is 4.93. The monoisotopic (exact) mass is 412 g/mol. The minimum atomic E-state index is -0.525. The maximum atomic E-state index is 13.4. The van der Waals surface area contributed by atoms with Gasteiger partial charge in [0.2, 0.25) is 0 Å². The Labute approximate surface area is 163 Å². The van der Waals surface area contributed by atoms with E-state index in [9.17, 15) is 9.18 Å². The number of rotatable bonds is 5. The first-order valence-electron chi connectivity index (χ1n) is 7.90. The molecule has 0 N–H and O–H groups in total. The first-order valence-corrected chi connectivity index (χ1v) is 9.47. The number of amides is 1. The van der Waals surface area contributed by atoms with Crippen molar-refractivity contribution >= 4 is 50.7 Å². The SMILES string of the molecule is CCOCCn1c(=NC(=O)c2cccc(F)c2)sc2cc(Cl)cc(Cl)c21. The van der Waals surface area contributed by atoms with Crippen molar-refractivity contribution in [3.8, 4) is 0 Å². The van der Waals surface area contributed by atoms with Crippen LogP contribution >= 0.6 is 34.5 Å². The highest BCUT2D eigenvalue weighted by Crippen LogP contribution is 2.29. The topological polar surface area (TPSA) is 43.6 Å². The van der Waals surface area contributed by atoms with Crippen LogP contribution in [0.25, 0.3) is 10.2 Å². The second-order valence-electron chi connectivity index (χ2n) is 5.39. The minimum Gasteiger partial charge on any atom is -0.380 e. The number of fused-ring (bicyclic) bond motifs is 1. The van der Waals surface area contributed by atoms with Crippen molar-refractivity contribution in [3.63, 3.8) is 0 Å². The molecule has 0 aliphatic carbocycles. The van der Waals surface area contributed by atoms with E-state index < -0.39 is 11.7 Å². The molecule has 8 heteroatoms. The Morgan fingerprint density at radius 1 is 1.31 bits per heavy atom. The molecule has 2 aromatic carbocycles. The molecule has 0 saturated heterocycles. The van der Waals surface area contributed by atoms with Gasteiger partial charge in [0, 0.05) is 23.7 Å². The van der Waals surface area contributed by atoms with E-state index in [0.717, 1.165) is 16.3 Å². The third kappa shape index (κ3) is 4.15. The molecule has 0 saturated carbocycles. The van der Waals surface area contributed by atoms with Crippen molar-refractivity contribution < 1.29 is 13.9 Å². The van der Waals surface area contributed by atoms with E-state index in [2.05, 4.69) is 4.99 Å². The number of carbonyl (C=O) groups excluding carboxylic acids is 1. The molecule has 0 fully saturated rings. The van der Waals surface area contributed by atoms with Crippen LogP contribution in [0, 0.1) is 5.82 Å². The largest absolute Gasteiger partial charge is 0.380 e. The average Bonchev–Trinajstić information content (AvgIpc) is 2.92. The summed E-state index contributed by atoms with van der Waals surface area (Å²) in [5.74, 6) is -1.01. The predicted molar refractivity (Wildman–Crippen MR) is 103 cm³/mol. The van der Waals surface area contributed by atoms with Gasteiger partial charge in [-0.05, 0) is 37.3 Å². The zero-order chi connectivity index (χ0) is 18.7. The zero-order valence-electron chi connectivity index (χ0n) is 13.8. The Morgan fingerprint density at radius 3 is 2.85 bits per heavy atom. The summed E-state index contributed by atoms with van der Waals surface area (Å²) in [6.07, 6.45) is 0. The minimum absolute atomic E-state index is 0.183. The first kappa shape index (κ1) is 19.0. The Balaban J connectivity index is 2.12. The van der Waals surface area contributed by atoms with Gasteiger partial charge in [0.05, 0.1) is 21.8 Å². The molecule has 0 spiro atoms. The van der Waals surface area contributed by atoms with Gasteiger partial charge in [-0.25, -0.2) is 4.39 Å². The maximum absolute atomic E-state index is 13.4. The molecule has 1 amide bonds. The molecule has 0 unspecified atom stereocenters. The van der Waals surface area contributed by atoms with Crippen molar-refractivity contribution in [2.75, 3.05) is 13.2 Å². The van der Waals surface area contributed by atoms with Crippen LogP contribution < -0.4 is 4.80 Å². The van der Waals surface area contributed by atoms with Crippen molar-refractivity contribution in [2.24, 2.45) is 4.99 Å². The van der Waals surface area contributed by atoms with Gasteiger partial charge < -0.3 is 9.30 Å². The van der Waals surface area contributed by atoms with Gasteiger partial charge in [-0.1, -0.05) is 40.6 Å². The molecule has 0 radical (unpaired) electrons. The van der Waals surface area contributed by atoms with Crippen LogP contribution in [0.15, 0.2) is 41.4 Å². The summed E-state index contributed by atoms with van der Waals surface area (Å²) in [7, 11) is 0. The summed E-state index contributed by atoms with van der Waals surface area (Å²) in [6, 6.07) is 8.86. The highest BCUT2D eigenvalue weighted by molar-refractivity contribution is 7.16. The number of ether oxygens (including phenoxy) is 1. The van der Waals surface area contributed by atoms with Crippen LogP contribution in [0.1, 0.15) is 17.3 Å². The summed E-state index contributed by atoms with van der Waals surface area (Å²) in [4.78, 5) is 17.1. The third-order valence-corrected chi connectivity index (χ3v) is 5.16. The van der Waals surface area contributed by atoms with Gasteiger partial charge in [0.1, 0.15) is 5.82 Å². The van der Waals surface area contributed by atoms with Crippen LogP contribution in [0.3, 0.4) is 0 Å². The van der Waals surface area contributed by atoms with E-state index in [1.54, 1.807) is 12.1 Å². The number of benzene rings is 2. The number of hydrogen-bond donors (Lipinski definition) is 0. The Bertz CT molecular complexity index is 1030. The normalized spacial score (nSPS) is 12.1. The summed E-state index contributed by atoms with van der Waals surface area (Å²) in [5, 5.41) is 0.976. The molecule has 26 heavy (non-hydrogen) atoms. The van der Waals surface area contributed by atoms with Gasteiger partial charge >= 0.3 is 0 Å². The van der Waals surface area contributed by atoms with Crippen molar-refractivity contribution in [1.82, 2.24) is 4.57 Å². The van der Waals surface area contributed by atoms with E-state index in [1.807, 2.05) is 11.5 Å². The Hall–Kier alpha value is -1.73. The van der Waals surface area contributed by atoms with E-state index >= 15 is 0 Å². The standard InChI is InChI=1S/C18H15Cl2FN2O2S/c1-2-25-7-6-23-16-14(20)9-12(19)10-15(16)26-18(23)22-17(24)11-4-3-5-13(21)8-11/h3-5,8-10H,2,6-7H2,1H3. The smallest absolute Gasteiger partial charge is 0.279 e. The van der Waals surface area contributed by atoms with Crippen LogP contribution in [0.4, 0.5) is 4.39 Å². The highest BCUT2D eigenvalue weighted by Gasteiger charge is 2.13. The van der Waals surface area contributed by atoms with Crippen LogP contribution in [-0.2, 0) is 11.3 Å². The van der Waals surface area contributed by atoms with Gasteiger partial charge in [-0.3, -0.25) is 4.79 Å². The average molecular weight is 413 g/mol. The molecular formula is C18H15Cl2FN2O2S. The quantitative estimate of drug-likeness (QED) is 0.557. The molecule has 0 bridgehead atoms. The Morgan fingerprint density at radius 2 is 2.12 bits per heavy atom. The summed E-state index contributed by atoms with van der Waals surface area (Å²) in [5.41, 5.74) is 0.925. The summed E-state index contributed by atoms with van der Waals surface area (Å²) < 4.78 is 21.4. The lowest BCUT2D eigenvalue weighted by molar-refractivity contribution is 0.0996. The van der Waals surface area contributed by atoms with Crippen LogP contribution in [0.2, 0.25) is 10.0 Å². The molecule has 0 aliphatic rings. The van der Waals surface area contributed by atoms with Gasteiger partial charge in [0.25, 0.3) is 5.91 Å². The molecular weight excluding hydrogens is 398 g/mol. The fraction of sp³-hybridized carbons (Fsp3) is 0.222. The number of hydrogen-bond acceptors (Lipinski definition) is 3. The number of carbonyl (C=O) groups is 1. The van der Waals surface area contributed by atoms with Gasteiger partial charge in [0.15, 0.2) is 4.80 Å².